The Kier molecular flexibility index (Phi) is 14.4. The number of ether oxygens (including phenoxy) is 1. The highest BCUT2D eigenvalue weighted by Crippen LogP contribution is 1.96. The van der Waals surface area contributed by atoms with E-state index in [2.05, 4.69) is 46.9 Å². The molecule has 0 aliphatic rings. The molecule has 0 heterocycles. The third kappa shape index (κ3) is 11.4. The van der Waals surface area contributed by atoms with E-state index >= 15 is 0 Å². The number of nitrogens with one attached hydrogen (secondary N) is 4. The number of carbonyl (C=O) groups excluding carboxylic acids is 1. The zero-order valence-corrected chi connectivity index (χ0v) is 15.6. The molecule has 0 aromatic rings. The number of hydrogen-bond acceptors (Lipinski definition) is 6. The minimum Gasteiger partial charge on any atom is -0.365 e. The lowest BCUT2D eigenvalue weighted by Crippen LogP contribution is -2.48. The predicted octanol–water partition coefficient (Wildman–Crippen LogP) is 0.147. The maximum Gasteiger partial charge on any atom is 0.226 e. The van der Waals surface area contributed by atoms with Crippen LogP contribution in [0.1, 0.15) is 34.1 Å². The zero-order valence-electron chi connectivity index (χ0n) is 15.6. The summed E-state index contributed by atoms with van der Waals surface area (Å²) in [6, 6.07) is 0. The van der Waals surface area contributed by atoms with Crippen LogP contribution in [0.4, 0.5) is 0 Å². The van der Waals surface area contributed by atoms with Crippen molar-refractivity contribution in [2.24, 2.45) is 5.92 Å². The molecule has 138 valence electrons. The molecule has 4 N–H and O–H groups in total. The van der Waals surface area contributed by atoms with E-state index in [1.807, 2.05) is 14.0 Å². The molecule has 0 aromatic carbocycles. The van der Waals surface area contributed by atoms with Gasteiger partial charge in [0.05, 0.1) is 32.1 Å². The van der Waals surface area contributed by atoms with Crippen molar-refractivity contribution in [1.29, 1.82) is 0 Å². The average Bonchev–Trinajstić information content (AvgIpc) is 2.57. The quantitative estimate of drug-likeness (QED) is 0.253. The van der Waals surface area contributed by atoms with Crippen molar-refractivity contribution in [2.45, 2.75) is 40.3 Å². The number of amides is 1. The molecule has 0 aromatic heterocycles. The molecule has 0 saturated carbocycles. The van der Waals surface area contributed by atoms with Crippen LogP contribution in [0.25, 0.3) is 0 Å². The predicted molar refractivity (Wildman–Crippen MR) is 95.1 cm³/mol. The van der Waals surface area contributed by atoms with Crippen molar-refractivity contribution >= 4 is 5.91 Å². The lowest BCUT2D eigenvalue weighted by Gasteiger charge is -2.21. The zero-order chi connectivity index (χ0) is 17.5. The van der Waals surface area contributed by atoms with Crippen molar-refractivity contribution in [3.8, 4) is 0 Å². The van der Waals surface area contributed by atoms with Crippen LogP contribution in [0.3, 0.4) is 0 Å². The molecule has 2 unspecified atom stereocenters. The second kappa shape index (κ2) is 14.8. The molecule has 0 aliphatic carbocycles. The Morgan fingerprint density at radius 1 is 1.22 bits per heavy atom. The van der Waals surface area contributed by atoms with E-state index in [1.165, 1.54) is 0 Å². The summed E-state index contributed by atoms with van der Waals surface area (Å²) < 4.78 is 5.56. The van der Waals surface area contributed by atoms with Gasteiger partial charge in [-0.3, -0.25) is 15.0 Å². The molecule has 0 saturated heterocycles. The number of likely N-dealkylation sites (N-methyl/N-ethyl adjacent to an activating group) is 1. The second-order valence-electron chi connectivity index (χ2n) is 5.67. The second-order valence-corrected chi connectivity index (χ2v) is 5.67. The van der Waals surface area contributed by atoms with Crippen LogP contribution >= 0.6 is 0 Å². The van der Waals surface area contributed by atoms with Crippen molar-refractivity contribution in [2.75, 3.05) is 53.2 Å². The molecule has 1 amide bonds. The smallest absolute Gasteiger partial charge is 0.226 e. The van der Waals surface area contributed by atoms with Crippen LogP contribution in [0.2, 0.25) is 0 Å². The normalized spacial score (nSPS) is 14.0. The molecule has 0 fully saturated rings. The Morgan fingerprint density at radius 3 is 2.48 bits per heavy atom. The highest BCUT2D eigenvalue weighted by Gasteiger charge is 2.13. The van der Waals surface area contributed by atoms with Gasteiger partial charge < -0.3 is 20.7 Å². The largest absolute Gasteiger partial charge is 0.365 e. The van der Waals surface area contributed by atoms with Crippen LogP contribution in [0.5, 0.6) is 0 Å². The highest BCUT2D eigenvalue weighted by atomic mass is 16.5. The summed E-state index contributed by atoms with van der Waals surface area (Å²) in [6.07, 6.45) is 1.28. The summed E-state index contributed by atoms with van der Waals surface area (Å²) in [5, 5.41) is 12.7. The number of carbonyl (C=O) groups is 1. The van der Waals surface area contributed by atoms with Gasteiger partial charge in [-0.05, 0) is 33.1 Å². The van der Waals surface area contributed by atoms with Crippen LogP contribution in [-0.4, -0.2) is 70.2 Å². The van der Waals surface area contributed by atoms with E-state index in [1.54, 1.807) is 0 Å². The topological polar surface area (TPSA) is 77.7 Å². The van der Waals surface area contributed by atoms with E-state index in [9.17, 15) is 4.79 Å². The van der Waals surface area contributed by atoms with E-state index in [0.29, 0.717) is 20.0 Å². The monoisotopic (exact) mass is 331 g/mol. The van der Waals surface area contributed by atoms with Gasteiger partial charge in [0.15, 0.2) is 0 Å². The first-order chi connectivity index (χ1) is 11.1. The molecule has 7 heteroatoms. The Balaban J connectivity index is 3.78. The standard InChI is InChI=1S/C16H37N5O2/c1-6-9-18-10-15(17-5)20-13-23-11-14(4)16(22)19-12-21(7-2)8-3/h14-15,17-18,20H,6-13H2,1-5H3,(H,19,22). The molecule has 0 aliphatic heterocycles. The fourth-order valence-electron chi connectivity index (χ4n) is 1.98. The Labute approximate surface area is 141 Å². The lowest BCUT2D eigenvalue weighted by molar-refractivity contribution is -0.127. The molecule has 23 heavy (non-hydrogen) atoms. The first-order valence-corrected chi connectivity index (χ1v) is 8.78. The summed E-state index contributed by atoms with van der Waals surface area (Å²) in [5.74, 6) is -0.120. The van der Waals surface area contributed by atoms with E-state index in [4.69, 9.17) is 4.74 Å². The molecule has 0 rings (SSSR count). The summed E-state index contributed by atoms with van der Waals surface area (Å²) in [6.45, 7) is 13.3. The molecular weight excluding hydrogens is 294 g/mol. The fraction of sp³-hybridized carbons (Fsp3) is 0.938. The summed E-state index contributed by atoms with van der Waals surface area (Å²) in [4.78, 5) is 14.1. The highest BCUT2D eigenvalue weighted by molar-refractivity contribution is 5.78. The third-order valence-corrected chi connectivity index (χ3v) is 3.74. The Bertz CT molecular complexity index is 288. The third-order valence-electron chi connectivity index (χ3n) is 3.74. The van der Waals surface area contributed by atoms with E-state index < -0.39 is 0 Å². The minimum absolute atomic E-state index is 0.0340. The van der Waals surface area contributed by atoms with Gasteiger partial charge in [-0.15, -0.1) is 0 Å². The van der Waals surface area contributed by atoms with Crippen LogP contribution in [0, 0.1) is 5.92 Å². The van der Waals surface area contributed by atoms with Gasteiger partial charge in [0.2, 0.25) is 5.91 Å². The summed E-state index contributed by atoms with van der Waals surface area (Å²) >= 11 is 0. The molecular formula is C16H37N5O2. The van der Waals surface area contributed by atoms with Crippen LogP contribution < -0.4 is 21.3 Å². The van der Waals surface area contributed by atoms with Gasteiger partial charge in [-0.2, -0.15) is 0 Å². The van der Waals surface area contributed by atoms with Crippen molar-refractivity contribution in [3.63, 3.8) is 0 Å². The molecule has 2 atom stereocenters. The Morgan fingerprint density at radius 2 is 1.91 bits per heavy atom. The minimum atomic E-state index is -0.154. The van der Waals surface area contributed by atoms with Gasteiger partial charge in [0.25, 0.3) is 0 Å². The number of nitrogens with zero attached hydrogens (tertiary/aromatic N) is 1. The van der Waals surface area contributed by atoms with Gasteiger partial charge >= 0.3 is 0 Å². The average molecular weight is 332 g/mol. The molecule has 0 bridgehead atoms. The number of hydrogen-bond donors (Lipinski definition) is 4. The van der Waals surface area contributed by atoms with Crippen molar-refractivity contribution < 1.29 is 9.53 Å². The van der Waals surface area contributed by atoms with Crippen LogP contribution in [0.15, 0.2) is 0 Å². The van der Waals surface area contributed by atoms with Crippen molar-refractivity contribution in [3.05, 3.63) is 0 Å². The van der Waals surface area contributed by atoms with Gasteiger partial charge in [0, 0.05) is 6.54 Å². The van der Waals surface area contributed by atoms with Gasteiger partial charge in [-0.1, -0.05) is 27.7 Å². The van der Waals surface area contributed by atoms with Gasteiger partial charge in [-0.25, -0.2) is 0 Å². The molecule has 0 spiro atoms. The fourth-order valence-corrected chi connectivity index (χ4v) is 1.98. The summed E-state index contributed by atoms with van der Waals surface area (Å²) in [7, 11) is 1.91. The first-order valence-electron chi connectivity index (χ1n) is 8.78. The first kappa shape index (κ1) is 22.3. The summed E-state index contributed by atoms with van der Waals surface area (Å²) in [5.41, 5.74) is 0. The van der Waals surface area contributed by atoms with Crippen molar-refractivity contribution in [1.82, 2.24) is 26.2 Å². The maximum atomic E-state index is 12.0. The van der Waals surface area contributed by atoms with Crippen LogP contribution in [-0.2, 0) is 9.53 Å². The Hall–Kier alpha value is -0.730. The molecule has 7 nitrogen and oxygen atoms in total. The van der Waals surface area contributed by atoms with Gasteiger partial charge in [0.1, 0.15) is 0 Å². The van der Waals surface area contributed by atoms with E-state index in [-0.39, 0.29) is 18.0 Å². The number of rotatable bonds is 15. The SMILES string of the molecule is CCCNCC(NC)NCOCC(C)C(=O)NCN(CC)CC. The maximum absolute atomic E-state index is 12.0. The molecule has 0 radical (unpaired) electrons. The van der Waals surface area contributed by atoms with E-state index in [0.717, 1.165) is 32.6 Å². The lowest BCUT2D eigenvalue weighted by atomic mass is 10.2.